The zero-order valence-corrected chi connectivity index (χ0v) is 18.0. The Morgan fingerprint density at radius 2 is 1.89 bits per heavy atom. The van der Waals surface area contributed by atoms with Gasteiger partial charge in [0.15, 0.2) is 6.61 Å². The summed E-state index contributed by atoms with van der Waals surface area (Å²) >= 11 is 3.46. The number of ether oxygens (including phenoxy) is 1. The van der Waals surface area contributed by atoms with Crippen molar-refractivity contribution in [2.75, 3.05) is 18.5 Å². The first-order chi connectivity index (χ1) is 13.4. The fourth-order valence-corrected chi connectivity index (χ4v) is 4.43. The highest BCUT2D eigenvalue weighted by atomic mass is 79.9. The topological polar surface area (TPSA) is 75.7 Å². The average molecular weight is 451 g/mol. The van der Waals surface area contributed by atoms with Gasteiger partial charge in [0.1, 0.15) is 0 Å². The SMILES string of the molecule is Cc1c(Br)ccc(NC(=O)COC(=O)[C@@H]2CC(=O)N(C3CCCCC3)C2)c1C. The van der Waals surface area contributed by atoms with Crippen molar-refractivity contribution in [2.45, 2.75) is 58.4 Å². The average Bonchev–Trinajstić information content (AvgIpc) is 3.09. The van der Waals surface area contributed by atoms with Crippen LogP contribution in [0.4, 0.5) is 5.69 Å². The first-order valence-electron chi connectivity index (χ1n) is 9.88. The van der Waals surface area contributed by atoms with Crippen molar-refractivity contribution in [1.82, 2.24) is 4.90 Å². The fourth-order valence-electron chi connectivity index (χ4n) is 4.00. The zero-order valence-electron chi connectivity index (χ0n) is 16.4. The molecule has 28 heavy (non-hydrogen) atoms. The van der Waals surface area contributed by atoms with Crippen molar-refractivity contribution in [2.24, 2.45) is 5.92 Å². The minimum Gasteiger partial charge on any atom is -0.455 e. The highest BCUT2D eigenvalue weighted by molar-refractivity contribution is 9.10. The zero-order chi connectivity index (χ0) is 20.3. The number of nitrogens with zero attached hydrogens (tertiary/aromatic N) is 1. The van der Waals surface area contributed by atoms with E-state index in [1.54, 1.807) is 0 Å². The summed E-state index contributed by atoms with van der Waals surface area (Å²) in [5.74, 6) is -1.30. The highest BCUT2D eigenvalue weighted by Gasteiger charge is 2.39. The lowest BCUT2D eigenvalue weighted by Crippen LogP contribution is -2.38. The molecular formula is C21H27BrN2O4. The van der Waals surface area contributed by atoms with Crippen LogP contribution < -0.4 is 5.32 Å². The maximum atomic E-state index is 12.4. The molecule has 1 N–H and O–H groups in total. The minimum atomic E-state index is -0.473. The Bertz CT molecular complexity index is 774. The summed E-state index contributed by atoms with van der Waals surface area (Å²) in [7, 11) is 0. The molecule has 0 spiro atoms. The van der Waals surface area contributed by atoms with E-state index in [1.807, 2.05) is 30.9 Å². The van der Waals surface area contributed by atoms with E-state index >= 15 is 0 Å². The molecule has 0 bridgehead atoms. The van der Waals surface area contributed by atoms with Crippen LogP contribution in [0.2, 0.25) is 0 Å². The number of carbonyl (C=O) groups is 3. The summed E-state index contributed by atoms with van der Waals surface area (Å²) in [4.78, 5) is 38.7. The second kappa shape index (κ2) is 9.07. The monoisotopic (exact) mass is 450 g/mol. The quantitative estimate of drug-likeness (QED) is 0.693. The largest absolute Gasteiger partial charge is 0.455 e. The molecule has 0 aromatic heterocycles. The molecule has 2 fully saturated rings. The van der Waals surface area contributed by atoms with E-state index in [4.69, 9.17) is 4.74 Å². The number of halogens is 1. The number of carbonyl (C=O) groups excluding carboxylic acids is 3. The molecule has 1 aromatic rings. The Morgan fingerprint density at radius 3 is 2.61 bits per heavy atom. The van der Waals surface area contributed by atoms with Gasteiger partial charge in [-0.3, -0.25) is 14.4 Å². The predicted molar refractivity (Wildman–Crippen MR) is 110 cm³/mol. The molecule has 2 amide bonds. The van der Waals surface area contributed by atoms with Gasteiger partial charge in [0.05, 0.1) is 5.92 Å². The molecule has 1 aliphatic carbocycles. The molecule has 1 aliphatic heterocycles. The van der Waals surface area contributed by atoms with Gasteiger partial charge in [-0.25, -0.2) is 0 Å². The van der Waals surface area contributed by atoms with Gasteiger partial charge in [-0.2, -0.15) is 0 Å². The van der Waals surface area contributed by atoms with Crippen LogP contribution in [0.3, 0.4) is 0 Å². The molecule has 152 valence electrons. The van der Waals surface area contributed by atoms with Crippen LogP contribution in [-0.2, 0) is 19.1 Å². The summed E-state index contributed by atoms with van der Waals surface area (Å²) in [5, 5.41) is 2.78. The van der Waals surface area contributed by atoms with Crippen LogP contribution in [0, 0.1) is 19.8 Å². The molecule has 0 radical (unpaired) electrons. The molecular weight excluding hydrogens is 424 g/mol. The normalized spacial score (nSPS) is 20.3. The van der Waals surface area contributed by atoms with Crippen molar-refractivity contribution < 1.29 is 19.1 Å². The number of likely N-dealkylation sites (tertiary alicyclic amines) is 1. The van der Waals surface area contributed by atoms with E-state index in [9.17, 15) is 14.4 Å². The molecule has 1 aromatic carbocycles. The molecule has 1 atom stereocenters. The third-order valence-corrected chi connectivity index (χ3v) is 6.71. The van der Waals surface area contributed by atoms with E-state index in [-0.39, 0.29) is 30.9 Å². The lowest BCUT2D eigenvalue weighted by Gasteiger charge is -2.31. The van der Waals surface area contributed by atoms with E-state index < -0.39 is 11.9 Å². The summed E-state index contributed by atoms with van der Waals surface area (Å²) in [5.41, 5.74) is 2.70. The number of hydrogen-bond acceptors (Lipinski definition) is 4. The second-order valence-electron chi connectivity index (χ2n) is 7.74. The van der Waals surface area contributed by atoms with Gasteiger partial charge in [0.2, 0.25) is 5.91 Å². The molecule has 2 aliphatic rings. The van der Waals surface area contributed by atoms with Gasteiger partial charge in [-0.15, -0.1) is 0 Å². The molecule has 0 unspecified atom stereocenters. The van der Waals surface area contributed by atoms with Crippen molar-refractivity contribution in [1.29, 1.82) is 0 Å². The van der Waals surface area contributed by atoms with Crippen molar-refractivity contribution in [3.63, 3.8) is 0 Å². The van der Waals surface area contributed by atoms with E-state index in [2.05, 4.69) is 21.2 Å². The number of esters is 1. The first-order valence-corrected chi connectivity index (χ1v) is 10.7. The number of rotatable bonds is 5. The second-order valence-corrected chi connectivity index (χ2v) is 8.59. The minimum absolute atomic E-state index is 0.0271. The lowest BCUT2D eigenvalue weighted by molar-refractivity contribution is -0.151. The van der Waals surface area contributed by atoms with E-state index in [1.165, 1.54) is 6.42 Å². The van der Waals surface area contributed by atoms with Gasteiger partial charge in [-0.05, 0) is 49.9 Å². The smallest absolute Gasteiger partial charge is 0.311 e. The van der Waals surface area contributed by atoms with Crippen molar-refractivity contribution >= 4 is 39.4 Å². The van der Waals surface area contributed by atoms with E-state index in [0.29, 0.717) is 12.2 Å². The number of amides is 2. The van der Waals surface area contributed by atoms with Crippen molar-refractivity contribution in [3.8, 4) is 0 Å². The maximum absolute atomic E-state index is 12.4. The Morgan fingerprint density at radius 1 is 1.18 bits per heavy atom. The fraction of sp³-hybridized carbons (Fsp3) is 0.571. The number of hydrogen-bond donors (Lipinski definition) is 1. The van der Waals surface area contributed by atoms with Gasteiger partial charge < -0.3 is 15.0 Å². The summed E-state index contributed by atoms with van der Waals surface area (Å²) < 4.78 is 6.17. The van der Waals surface area contributed by atoms with Crippen LogP contribution in [0.15, 0.2) is 16.6 Å². The third-order valence-electron chi connectivity index (χ3n) is 5.85. The standard InChI is InChI=1S/C21H27BrN2O4/c1-13-14(2)18(9-8-17(13)22)23-19(25)12-28-21(27)15-10-20(26)24(11-15)16-6-4-3-5-7-16/h8-9,15-16H,3-7,10-12H2,1-2H3,(H,23,25)/t15-/m1/s1. The lowest BCUT2D eigenvalue weighted by atomic mass is 9.94. The molecule has 6 nitrogen and oxygen atoms in total. The van der Waals surface area contributed by atoms with Crippen LogP contribution in [0.1, 0.15) is 49.7 Å². The van der Waals surface area contributed by atoms with Crippen LogP contribution >= 0.6 is 15.9 Å². The summed E-state index contributed by atoms with van der Waals surface area (Å²) in [6.07, 6.45) is 5.71. The number of benzene rings is 1. The first kappa shape index (κ1) is 20.8. The summed E-state index contributed by atoms with van der Waals surface area (Å²) in [6, 6.07) is 3.93. The van der Waals surface area contributed by atoms with Crippen molar-refractivity contribution in [3.05, 3.63) is 27.7 Å². The molecule has 1 saturated carbocycles. The van der Waals surface area contributed by atoms with Gasteiger partial charge in [-0.1, -0.05) is 35.2 Å². The van der Waals surface area contributed by atoms with Crippen LogP contribution in [0.5, 0.6) is 0 Å². The van der Waals surface area contributed by atoms with Crippen LogP contribution in [0.25, 0.3) is 0 Å². The number of anilines is 1. The van der Waals surface area contributed by atoms with Gasteiger partial charge >= 0.3 is 5.97 Å². The van der Waals surface area contributed by atoms with Gasteiger partial charge in [0, 0.05) is 29.2 Å². The molecule has 1 heterocycles. The Kier molecular flexibility index (Phi) is 6.75. The highest BCUT2D eigenvalue weighted by Crippen LogP contribution is 2.29. The Balaban J connectivity index is 1.49. The van der Waals surface area contributed by atoms with Gasteiger partial charge in [0.25, 0.3) is 5.91 Å². The third kappa shape index (κ3) is 4.74. The molecule has 3 rings (SSSR count). The summed E-state index contributed by atoms with van der Waals surface area (Å²) in [6.45, 7) is 3.95. The molecule has 7 heteroatoms. The number of nitrogens with one attached hydrogen (secondary N) is 1. The maximum Gasteiger partial charge on any atom is 0.311 e. The van der Waals surface area contributed by atoms with Crippen LogP contribution in [-0.4, -0.2) is 41.9 Å². The Hall–Kier alpha value is -1.89. The Labute approximate surface area is 174 Å². The predicted octanol–water partition coefficient (Wildman–Crippen LogP) is 3.73. The van der Waals surface area contributed by atoms with E-state index in [0.717, 1.165) is 41.3 Å². The molecule has 1 saturated heterocycles.